The Morgan fingerprint density at radius 2 is 2.10 bits per heavy atom. The Hall–Kier alpha value is -1.18. The van der Waals surface area contributed by atoms with Crippen LogP contribution in [0.4, 0.5) is 0 Å². The van der Waals surface area contributed by atoms with Gasteiger partial charge in [0.25, 0.3) is 0 Å². The van der Waals surface area contributed by atoms with Crippen LogP contribution < -0.4 is 10.6 Å². The van der Waals surface area contributed by atoms with Gasteiger partial charge in [-0.2, -0.15) is 0 Å². The zero-order chi connectivity index (χ0) is 7.14. The summed E-state index contributed by atoms with van der Waals surface area (Å²) in [5.41, 5.74) is 2.14. The van der Waals surface area contributed by atoms with E-state index in [4.69, 9.17) is 0 Å². The first kappa shape index (κ1) is 5.59. The summed E-state index contributed by atoms with van der Waals surface area (Å²) >= 11 is 0. The largest absolute Gasteiger partial charge is 0.261 e. The maximum Gasteiger partial charge on any atom is 0.0757 e. The third kappa shape index (κ3) is 0.588. The number of hydrogen-bond acceptors (Lipinski definition) is 2. The predicted molar refractivity (Wildman–Crippen MR) is 38.8 cm³/mol. The summed E-state index contributed by atoms with van der Waals surface area (Å²) in [5.74, 6) is 0. The molecule has 1 aromatic rings. The molecule has 2 nitrogen and oxygen atoms in total. The maximum absolute atomic E-state index is 4.22. The summed E-state index contributed by atoms with van der Waals surface area (Å²) in [6.45, 7) is 3.97. The van der Waals surface area contributed by atoms with Crippen LogP contribution in [0.25, 0.3) is 5.70 Å². The van der Waals surface area contributed by atoms with Crippen LogP contribution in [0, 0.1) is 6.92 Å². The van der Waals surface area contributed by atoms with Crippen molar-refractivity contribution in [2.24, 2.45) is 4.99 Å². The first-order chi connectivity index (χ1) is 4.77. The zero-order valence-electron chi connectivity index (χ0n) is 6.05. The van der Waals surface area contributed by atoms with Crippen LogP contribution in [0.15, 0.2) is 17.3 Å². The van der Waals surface area contributed by atoms with Gasteiger partial charge in [-0.05, 0) is 19.9 Å². The summed E-state index contributed by atoms with van der Waals surface area (Å²) in [6, 6.07) is 2.00. The van der Waals surface area contributed by atoms with E-state index in [0.29, 0.717) is 0 Å². The minimum Gasteiger partial charge on any atom is -0.261 e. The van der Waals surface area contributed by atoms with Crippen LogP contribution in [0.5, 0.6) is 0 Å². The van der Waals surface area contributed by atoms with E-state index >= 15 is 0 Å². The first-order valence-corrected chi connectivity index (χ1v) is 3.30. The second-order valence-corrected chi connectivity index (χ2v) is 2.54. The molecule has 0 fully saturated rings. The fourth-order valence-electron chi connectivity index (χ4n) is 1.10. The molecule has 0 radical (unpaired) electrons. The fraction of sp³-hybridized carbons (Fsp3) is 0.250. The van der Waals surface area contributed by atoms with Gasteiger partial charge in [0.1, 0.15) is 0 Å². The SMILES string of the molecule is CC1=c2cnc(C)cc2=N1. The minimum absolute atomic E-state index is 1.04. The Balaban J connectivity index is 2.84. The van der Waals surface area contributed by atoms with Gasteiger partial charge in [0.2, 0.25) is 0 Å². The smallest absolute Gasteiger partial charge is 0.0757 e. The predicted octanol–water partition coefficient (Wildman–Crippen LogP) is 0.151. The van der Waals surface area contributed by atoms with Crippen LogP contribution in [-0.2, 0) is 0 Å². The van der Waals surface area contributed by atoms with Gasteiger partial charge in [-0.15, -0.1) is 0 Å². The van der Waals surface area contributed by atoms with Gasteiger partial charge in [0, 0.05) is 22.8 Å². The number of pyridine rings is 1. The highest BCUT2D eigenvalue weighted by atomic mass is 14.8. The quantitative estimate of drug-likeness (QED) is 0.493. The summed E-state index contributed by atoms with van der Waals surface area (Å²) < 4.78 is 0. The molecular weight excluding hydrogens is 124 g/mol. The summed E-state index contributed by atoms with van der Waals surface area (Å²) in [7, 11) is 0. The molecule has 0 bridgehead atoms. The molecule has 0 aliphatic carbocycles. The molecule has 0 unspecified atom stereocenters. The highest BCUT2D eigenvalue weighted by Crippen LogP contribution is 1.95. The topological polar surface area (TPSA) is 25.2 Å². The number of nitrogens with zero attached hydrogens (tertiary/aromatic N) is 2. The zero-order valence-corrected chi connectivity index (χ0v) is 6.05. The van der Waals surface area contributed by atoms with E-state index in [1.807, 2.05) is 26.1 Å². The Morgan fingerprint density at radius 1 is 1.30 bits per heavy atom. The van der Waals surface area contributed by atoms with Crippen molar-refractivity contribution in [1.82, 2.24) is 4.98 Å². The molecule has 2 heteroatoms. The van der Waals surface area contributed by atoms with E-state index in [1.165, 1.54) is 5.22 Å². The van der Waals surface area contributed by atoms with Crippen molar-refractivity contribution in [3.8, 4) is 0 Å². The molecule has 1 aliphatic rings. The lowest BCUT2D eigenvalue weighted by atomic mass is 10.2. The highest BCUT2D eigenvalue weighted by molar-refractivity contribution is 5.45. The molecule has 0 saturated heterocycles. The molecule has 0 spiro atoms. The summed E-state index contributed by atoms with van der Waals surface area (Å²) in [4.78, 5) is 8.38. The molecule has 0 N–H and O–H groups in total. The molecule has 50 valence electrons. The molecule has 0 saturated carbocycles. The lowest BCUT2D eigenvalue weighted by Gasteiger charge is -2.03. The Bertz CT molecular complexity index is 390. The van der Waals surface area contributed by atoms with E-state index in [0.717, 1.165) is 16.7 Å². The third-order valence-electron chi connectivity index (χ3n) is 1.70. The van der Waals surface area contributed by atoms with Crippen molar-refractivity contribution < 1.29 is 0 Å². The third-order valence-corrected chi connectivity index (χ3v) is 1.70. The van der Waals surface area contributed by atoms with E-state index in [-0.39, 0.29) is 0 Å². The van der Waals surface area contributed by atoms with Crippen molar-refractivity contribution in [2.45, 2.75) is 13.8 Å². The van der Waals surface area contributed by atoms with E-state index < -0.39 is 0 Å². The van der Waals surface area contributed by atoms with Gasteiger partial charge in [0.05, 0.1) is 5.36 Å². The summed E-state index contributed by atoms with van der Waals surface area (Å²) in [5, 5.41) is 2.29. The van der Waals surface area contributed by atoms with Gasteiger partial charge in [0.15, 0.2) is 0 Å². The summed E-state index contributed by atoms with van der Waals surface area (Å²) in [6.07, 6.45) is 1.88. The number of hydrogen-bond donors (Lipinski definition) is 0. The van der Waals surface area contributed by atoms with Crippen LogP contribution in [-0.4, -0.2) is 4.98 Å². The van der Waals surface area contributed by atoms with Crippen LogP contribution in [0.2, 0.25) is 0 Å². The van der Waals surface area contributed by atoms with Crippen molar-refractivity contribution in [3.63, 3.8) is 0 Å². The second kappa shape index (κ2) is 1.66. The van der Waals surface area contributed by atoms with Gasteiger partial charge in [-0.1, -0.05) is 0 Å². The van der Waals surface area contributed by atoms with E-state index in [9.17, 15) is 0 Å². The number of fused-ring (bicyclic) bond motifs is 1. The van der Waals surface area contributed by atoms with Gasteiger partial charge < -0.3 is 0 Å². The second-order valence-electron chi connectivity index (χ2n) is 2.54. The first-order valence-electron chi connectivity index (χ1n) is 3.30. The average Bonchev–Trinajstić information content (AvgIpc) is 1.86. The Kier molecular flexibility index (Phi) is 0.926. The normalized spacial score (nSPS) is 13.6. The van der Waals surface area contributed by atoms with Crippen LogP contribution >= 0.6 is 0 Å². The molecule has 1 aromatic heterocycles. The lowest BCUT2D eigenvalue weighted by molar-refractivity contribution is 1.08. The van der Waals surface area contributed by atoms with E-state index in [2.05, 4.69) is 9.98 Å². The molecule has 0 aromatic carbocycles. The minimum atomic E-state index is 1.04. The maximum atomic E-state index is 4.22. The fourth-order valence-corrected chi connectivity index (χ4v) is 1.10. The number of aryl methyl sites for hydroxylation is 1. The molecule has 2 rings (SSSR count). The Morgan fingerprint density at radius 3 is 2.70 bits per heavy atom. The number of rotatable bonds is 0. The Labute approximate surface area is 58.9 Å². The highest BCUT2D eigenvalue weighted by Gasteiger charge is 2.01. The molecule has 0 atom stereocenters. The van der Waals surface area contributed by atoms with Crippen LogP contribution in [0.3, 0.4) is 0 Å². The molecule has 0 amide bonds. The lowest BCUT2D eigenvalue weighted by Crippen LogP contribution is -2.34. The standard InChI is InChI=1S/C8H8N2/c1-5-3-8-7(4-9-5)6(2)10-8/h3-4H,1-2H3. The molecular formula is C8H8N2. The van der Waals surface area contributed by atoms with E-state index in [1.54, 1.807) is 0 Å². The van der Waals surface area contributed by atoms with Crippen LogP contribution in [0.1, 0.15) is 12.6 Å². The van der Waals surface area contributed by atoms with Crippen molar-refractivity contribution in [2.75, 3.05) is 0 Å². The molecule has 2 heterocycles. The van der Waals surface area contributed by atoms with Gasteiger partial charge >= 0.3 is 0 Å². The van der Waals surface area contributed by atoms with Gasteiger partial charge in [-0.25, -0.2) is 0 Å². The molecule has 10 heavy (non-hydrogen) atoms. The average molecular weight is 132 g/mol. The monoisotopic (exact) mass is 132 g/mol. The van der Waals surface area contributed by atoms with Crippen molar-refractivity contribution in [3.05, 3.63) is 28.5 Å². The van der Waals surface area contributed by atoms with Crippen molar-refractivity contribution in [1.29, 1.82) is 0 Å². The molecule has 1 aliphatic heterocycles. The van der Waals surface area contributed by atoms with Gasteiger partial charge in [-0.3, -0.25) is 9.98 Å². The van der Waals surface area contributed by atoms with Crippen molar-refractivity contribution >= 4 is 5.70 Å². The number of aromatic nitrogens is 1.